The molecule has 2 aromatic rings. The highest BCUT2D eigenvalue weighted by molar-refractivity contribution is 7.16. The molecule has 4 rings (SSSR count). The van der Waals surface area contributed by atoms with Crippen LogP contribution in [0.5, 0.6) is 0 Å². The third-order valence-corrected chi connectivity index (χ3v) is 6.47. The van der Waals surface area contributed by atoms with Crippen molar-refractivity contribution in [3.63, 3.8) is 0 Å². The number of nitrogens with one attached hydrogen (secondary N) is 2. The number of hydrogen-bond donors (Lipinski definition) is 2. The number of benzene rings is 1. The summed E-state index contributed by atoms with van der Waals surface area (Å²) in [5.74, 6) is 0.779. The standard InChI is InChI=1S/C18H19ClN2OS/c1-2-10-7-8-12-14(9-10)23-18-15(12)17(22)20-16(21-18)11-5-3-4-6-13(11)19/h3-6,10,16,21H,2,7-9H2,1H3,(H,20,22). The third kappa shape index (κ3) is 2.54. The van der Waals surface area contributed by atoms with Crippen LogP contribution in [-0.2, 0) is 12.8 Å². The number of hydrogen-bond acceptors (Lipinski definition) is 3. The van der Waals surface area contributed by atoms with Gasteiger partial charge in [0.2, 0.25) is 0 Å². The molecule has 0 radical (unpaired) electrons. The first-order chi connectivity index (χ1) is 11.2. The molecule has 2 heterocycles. The highest BCUT2D eigenvalue weighted by Gasteiger charge is 2.33. The van der Waals surface area contributed by atoms with Crippen LogP contribution in [0.3, 0.4) is 0 Å². The number of carbonyl (C=O) groups is 1. The quantitative estimate of drug-likeness (QED) is 0.822. The van der Waals surface area contributed by atoms with Crippen molar-refractivity contribution in [3.05, 3.63) is 50.9 Å². The summed E-state index contributed by atoms with van der Waals surface area (Å²) < 4.78 is 0. The summed E-state index contributed by atoms with van der Waals surface area (Å²) in [7, 11) is 0. The number of anilines is 1. The van der Waals surface area contributed by atoms with E-state index in [4.69, 9.17) is 11.6 Å². The fourth-order valence-corrected chi connectivity index (χ4v) is 5.21. The van der Waals surface area contributed by atoms with Crippen LogP contribution in [-0.4, -0.2) is 5.91 Å². The Kier molecular flexibility index (Phi) is 3.82. The predicted molar refractivity (Wildman–Crippen MR) is 95.4 cm³/mol. The molecule has 120 valence electrons. The van der Waals surface area contributed by atoms with Crippen molar-refractivity contribution >= 4 is 33.8 Å². The number of amides is 1. The van der Waals surface area contributed by atoms with Crippen molar-refractivity contribution in [3.8, 4) is 0 Å². The summed E-state index contributed by atoms with van der Waals surface area (Å²) in [6.45, 7) is 2.25. The van der Waals surface area contributed by atoms with Crippen LogP contribution in [0.15, 0.2) is 24.3 Å². The fraction of sp³-hybridized carbons (Fsp3) is 0.389. The first kappa shape index (κ1) is 15.0. The van der Waals surface area contributed by atoms with Crippen LogP contribution in [0.25, 0.3) is 0 Å². The Labute approximate surface area is 145 Å². The molecule has 3 nitrogen and oxygen atoms in total. The van der Waals surface area contributed by atoms with E-state index in [0.29, 0.717) is 5.02 Å². The second kappa shape index (κ2) is 5.84. The van der Waals surface area contributed by atoms with Gasteiger partial charge < -0.3 is 10.6 Å². The maximum Gasteiger partial charge on any atom is 0.256 e. The maximum atomic E-state index is 12.7. The Bertz CT molecular complexity index is 770. The van der Waals surface area contributed by atoms with E-state index in [2.05, 4.69) is 17.6 Å². The number of thiophene rings is 1. The smallest absolute Gasteiger partial charge is 0.256 e. The number of rotatable bonds is 2. The average molecular weight is 347 g/mol. The molecule has 2 unspecified atom stereocenters. The highest BCUT2D eigenvalue weighted by Crippen LogP contribution is 2.43. The third-order valence-electron chi connectivity index (χ3n) is 4.94. The lowest BCUT2D eigenvalue weighted by Gasteiger charge is -2.27. The van der Waals surface area contributed by atoms with Crippen LogP contribution in [0.2, 0.25) is 5.02 Å². The van der Waals surface area contributed by atoms with Gasteiger partial charge in [-0.1, -0.05) is 43.1 Å². The first-order valence-electron chi connectivity index (χ1n) is 8.13. The van der Waals surface area contributed by atoms with E-state index < -0.39 is 0 Å². The molecule has 2 atom stereocenters. The van der Waals surface area contributed by atoms with Gasteiger partial charge in [0.1, 0.15) is 11.2 Å². The van der Waals surface area contributed by atoms with E-state index in [1.807, 2.05) is 24.3 Å². The van der Waals surface area contributed by atoms with Gasteiger partial charge in [0.05, 0.1) is 5.56 Å². The van der Waals surface area contributed by atoms with Gasteiger partial charge in [0.25, 0.3) is 5.91 Å². The second-order valence-electron chi connectivity index (χ2n) is 6.30. The number of carbonyl (C=O) groups excluding carboxylic acids is 1. The largest absolute Gasteiger partial charge is 0.353 e. The molecule has 0 spiro atoms. The zero-order chi connectivity index (χ0) is 16.0. The molecule has 1 aliphatic heterocycles. The van der Waals surface area contributed by atoms with Crippen molar-refractivity contribution in [1.29, 1.82) is 0 Å². The molecular formula is C18H19ClN2OS. The summed E-state index contributed by atoms with van der Waals surface area (Å²) in [4.78, 5) is 14.1. The van der Waals surface area contributed by atoms with Crippen LogP contribution in [0.1, 0.15) is 52.3 Å². The zero-order valence-electron chi connectivity index (χ0n) is 13.0. The highest BCUT2D eigenvalue weighted by atomic mass is 35.5. The molecule has 0 fully saturated rings. The molecule has 5 heteroatoms. The Morgan fingerprint density at radius 3 is 2.91 bits per heavy atom. The lowest BCUT2D eigenvalue weighted by Crippen LogP contribution is -2.38. The fourth-order valence-electron chi connectivity index (χ4n) is 3.58. The summed E-state index contributed by atoms with van der Waals surface area (Å²) in [5, 5.41) is 8.21. The lowest BCUT2D eigenvalue weighted by atomic mass is 9.85. The van der Waals surface area contributed by atoms with Gasteiger partial charge in [-0.05, 0) is 36.8 Å². The van der Waals surface area contributed by atoms with Crippen LogP contribution < -0.4 is 10.6 Å². The van der Waals surface area contributed by atoms with Gasteiger partial charge in [-0.25, -0.2) is 0 Å². The molecule has 2 aliphatic rings. The van der Waals surface area contributed by atoms with Gasteiger partial charge in [0.15, 0.2) is 0 Å². The van der Waals surface area contributed by atoms with Crippen molar-refractivity contribution in [2.75, 3.05) is 5.32 Å². The van der Waals surface area contributed by atoms with E-state index >= 15 is 0 Å². The lowest BCUT2D eigenvalue weighted by molar-refractivity contribution is 0.0935. The number of halogens is 1. The molecule has 1 aromatic heterocycles. The van der Waals surface area contributed by atoms with E-state index in [1.54, 1.807) is 11.3 Å². The van der Waals surface area contributed by atoms with Crippen LogP contribution >= 0.6 is 22.9 Å². The topological polar surface area (TPSA) is 41.1 Å². The second-order valence-corrected chi connectivity index (χ2v) is 7.81. The molecule has 1 aliphatic carbocycles. The van der Waals surface area contributed by atoms with Crippen LogP contribution in [0, 0.1) is 5.92 Å². The summed E-state index contributed by atoms with van der Waals surface area (Å²) in [5.41, 5.74) is 3.03. The molecule has 1 amide bonds. The Morgan fingerprint density at radius 1 is 1.30 bits per heavy atom. The Morgan fingerprint density at radius 2 is 2.13 bits per heavy atom. The van der Waals surface area contributed by atoms with Gasteiger partial charge in [-0.15, -0.1) is 11.3 Å². The predicted octanol–water partition coefficient (Wildman–Crippen LogP) is 4.77. The van der Waals surface area contributed by atoms with Gasteiger partial charge >= 0.3 is 0 Å². The molecule has 0 saturated carbocycles. The monoisotopic (exact) mass is 346 g/mol. The summed E-state index contributed by atoms with van der Waals surface area (Å²) >= 11 is 8.03. The van der Waals surface area contributed by atoms with Crippen molar-refractivity contribution in [2.45, 2.75) is 38.8 Å². The minimum absolute atomic E-state index is 0.0242. The molecule has 1 aromatic carbocycles. The van der Waals surface area contributed by atoms with Crippen molar-refractivity contribution in [1.82, 2.24) is 5.32 Å². The molecular weight excluding hydrogens is 328 g/mol. The van der Waals surface area contributed by atoms with E-state index in [-0.39, 0.29) is 12.1 Å². The molecule has 0 bridgehead atoms. The van der Waals surface area contributed by atoms with Crippen LogP contribution in [0.4, 0.5) is 5.00 Å². The van der Waals surface area contributed by atoms with E-state index in [9.17, 15) is 4.79 Å². The maximum absolute atomic E-state index is 12.7. The Balaban J connectivity index is 1.69. The average Bonchev–Trinajstić information content (AvgIpc) is 2.92. The minimum atomic E-state index is -0.259. The van der Waals surface area contributed by atoms with Crippen molar-refractivity contribution in [2.24, 2.45) is 5.92 Å². The Hall–Kier alpha value is -1.52. The SMILES string of the molecule is CCC1CCc2c(sc3c2C(=O)NC(c2ccccc2Cl)N3)C1. The van der Waals surface area contributed by atoms with Gasteiger partial charge in [-0.2, -0.15) is 0 Å². The minimum Gasteiger partial charge on any atom is -0.353 e. The summed E-state index contributed by atoms with van der Waals surface area (Å²) in [6.07, 6.45) is 4.27. The van der Waals surface area contributed by atoms with Gasteiger partial charge in [-0.3, -0.25) is 4.79 Å². The van der Waals surface area contributed by atoms with E-state index in [1.165, 1.54) is 23.3 Å². The van der Waals surface area contributed by atoms with E-state index in [0.717, 1.165) is 34.9 Å². The zero-order valence-corrected chi connectivity index (χ0v) is 14.6. The molecule has 2 N–H and O–H groups in total. The number of fused-ring (bicyclic) bond motifs is 3. The summed E-state index contributed by atoms with van der Waals surface area (Å²) in [6, 6.07) is 7.64. The molecule has 0 saturated heterocycles. The van der Waals surface area contributed by atoms with Crippen molar-refractivity contribution < 1.29 is 4.79 Å². The molecule has 23 heavy (non-hydrogen) atoms. The first-order valence-corrected chi connectivity index (χ1v) is 9.33. The normalized spacial score (nSPS) is 22.8. The van der Waals surface area contributed by atoms with Gasteiger partial charge in [0, 0.05) is 15.5 Å².